The van der Waals surface area contributed by atoms with Crippen LogP contribution in [0.25, 0.3) is 0 Å². The van der Waals surface area contributed by atoms with Crippen LogP contribution < -0.4 is 14.2 Å². The number of fused-ring (bicyclic) bond motifs is 2. The Kier molecular flexibility index (Phi) is 15.2. The van der Waals surface area contributed by atoms with Gasteiger partial charge >= 0.3 is 0 Å². The van der Waals surface area contributed by atoms with Crippen molar-refractivity contribution in [2.45, 2.75) is 74.0 Å². The van der Waals surface area contributed by atoms with Crippen LogP contribution in [0.4, 0.5) is 0 Å². The number of methoxy groups -OCH3 is 1. The number of ether oxygens (including phenoxy) is 4. The molecule has 2 N–H and O–H groups in total. The van der Waals surface area contributed by atoms with E-state index in [0.717, 1.165) is 59.6 Å². The van der Waals surface area contributed by atoms with Gasteiger partial charge in [0.15, 0.2) is 0 Å². The largest absolute Gasteiger partial charge is 0.497 e. The van der Waals surface area contributed by atoms with E-state index in [1.165, 1.54) is 4.90 Å². The van der Waals surface area contributed by atoms with E-state index in [-0.39, 0.29) is 55.8 Å². The number of likely N-dealkylation sites (N-methyl/N-ethyl adjacent to an activating group) is 1. The lowest BCUT2D eigenvalue weighted by atomic mass is 9.55. The maximum Gasteiger partial charge on any atom is 0.239 e. The van der Waals surface area contributed by atoms with Crippen LogP contribution in [0.15, 0.2) is 107 Å². The second kappa shape index (κ2) is 20.4. The summed E-state index contributed by atoms with van der Waals surface area (Å²) >= 11 is 1.75. The molecule has 11 heteroatoms. The molecule has 0 bridgehead atoms. The maximum atomic E-state index is 14.4. The molecular weight excluding hydrogens is 741 g/mol. The summed E-state index contributed by atoms with van der Waals surface area (Å²) in [6.45, 7) is 5.00. The number of aliphatic hydroxyl groups is 2. The first-order valence-corrected chi connectivity index (χ1v) is 21.2. The summed E-state index contributed by atoms with van der Waals surface area (Å²) in [5, 5.41) is 24.3. The number of carbonyl (C=O) groups is 1. The SMILES string of the molecule is C=CCOC12Oc3ccc(OCCSc4ccccc4)cc3C3C(CCCCO)C(CCCCO)C=C(C(=NOC)CC1N(C)C(=O)Cc1cccc(OC)c1)C32. The van der Waals surface area contributed by atoms with Gasteiger partial charge in [0.1, 0.15) is 30.4 Å². The fourth-order valence-electron chi connectivity index (χ4n) is 9.02. The Balaban J connectivity index is 1.45. The molecule has 1 amide bonds. The molecule has 2 aliphatic carbocycles. The molecule has 306 valence electrons. The maximum absolute atomic E-state index is 14.4. The first-order valence-electron chi connectivity index (χ1n) is 20.2. The van der Waals surface area contributed by atoms with Gasteiger partial charge in [0.2, 0.25) is 11.7 Å². The molecule has 3 aromatic carbocycles. The van der Waals surface area contributed by atoms with Crippen molar-refractivity contribution >= 4 is 23.4 Å². The summed E-state index contributed by atoms with van der Waals surface area (Å²) < 4.78 is 26.1. The third-order valence-electron chi connectivity index (χ3n) is 11.6. The fraction of sp³-hybridized carbons (Fsp3) is 0.478. The van der Waals surface area contributed by atoms with Crippen molar-refractivity contribution in [3.05, 3.63) is 108 Å². The lowest BCUT2D eigenvalue weighted by Crippen LogP contribution is -2.69. The molecule has 57 heavy (non-hydrogen) atoms. The van der Waals surface area contributed by atoms with Crippen LogP contribution in [-0.2, 0) is 20.8 Å². The molecule has 0 radical (unpaired) electrons. The summed E-state index contributed by atoms with van der Waals surface area (Å²) in [5.41, 5.74) is 3.62. The minimum atomic E-state index is -1.30. The summed E-state index contributed by atoms with van der Waals surface area (Å²) in [5.74, 6) is 1.31. The van der Waals surface area contributed by atoms with E-state index in [2.05, 4.69) is 36.0 Å². The summed E-state index contributed by atoms with van der Waals surface area (Å²) in [6, 6.07) is 23.4. The average molecular weight is 799 g/mol. The van der Waals surface area contributed by atoms with Crippen LogP contribution in [0.3, 0.4) is 0 Å². The third-order valence-corrected chi connectivity index (χ3v) is 12.5. The molecule has 6 unspecified atom stereocenters. The highest BCUT2D eigenvalue weighted by atomic mass is 32.2. The molecule has 3 aliphatic rings. The van der Waals surface area contributed by atoms with Crippen molar-refractivity contribution in [2.75, 3.05) is 53.4 Å². The number of hydrogen-bond donors (Lipinski definition) is 2. The van der Waals surface area contributed by atoms with Gasteiger partial charge in [-0.05, 0) is 91.1 Å². The van der Waals surface area contributed by atoms with E-state index in [4.69, 9.17) is 23.8 Å². The zero-order valence-corrected chi connectivity index (χ0v) is 34.3. The van der Waals surface area contributed by atoms with Crippen LogP contribution in [0.5, 0.6) is 17.2 Å². The van der Waals surface area contributed by atoms with E-state index in [1.54, 1.807) is 37.0 Å². The molecule has 0 aromatic heterocycles. The molecule has 6 atom stereocenters. The highest BCUT2D eigenvalue weighted by Gasteiger charge is 2.65. The highest BCUT2D eigenvalue weighted by Crippen LogP contribution is 2.61. The zero-order valence-electron chi connectivity index (χ0n) is 33.5. The van der Waals surface area contributed by atoms with Gasteiger partial charge in [0.25, 0.3) is 0 Å². The molecule has 1 heterocycles. The third kappa shape index (κ3) is 9.71. The molecule has 0 spiro atoms. The summed E-state index contributed by atoms with van der Waals surface area (Å²) in [4.78, 5) is 22.9. The van der Waals surface area contributed by atoms with Crippen molar-refractivity contribution in [3.63, 3.8) is 0 Å². The minimum Gasteiger partial charge on any atom is -0.497 e. The van der Waals surface area contributed by atoms with Crippen molar-refractivity contribution in [1.82, 2.24) is 4.90 Å². The van der Waals surface area contributed by atoms with Gasteiger partial charge in [0, 0.05) is 48.8 Å². The first-order chi connectivity index (χ1) is 27.9. The predicted molar refractivity (Wildman–Crippen MR) is 224 cm³/mol. The number of benzene rings is 3. The smallest absolute Gasteiger partial charge is 0.239 e. The lowest BCUT2D eigenvalue weighted by molar-refractivity contribution is -0.255. The van der Waals surface area contributed by atoms with Crippen LogP contribution >= 0.6 is 11.8 Å². The molecule has 0 saturated heterocycles. The summed E-state index contributed by atoms with van der Waals surface area (Å²) in [6.07, 6.45) is 9.42. The summed E-state index contributed by atoms with van der Waals surface area (Å²) in [7, 11) is 4.99. The quantitative estimate of drug-likeness (QED) is 0.0481. The molecule has 1 aliphatic heterocycles. The molecule has 3 aromatic rings. The van der Waals surface area contributed by atoms with Gasteiger partial charge in [-0.1, -0.05) is 60.5 Å². The Hall–Kier alpha value is -4.29. The molecule has 1 saturated carbocycles. The van der Waals surface area contributed by atoms with Crippen molar-refractivity contribution in [1.29, 1.82) is 0 Å². The van der Waals surface area contributed by atoms with Crippen molar-refractivity contribution < 1.29 is 38.8 Å². The second-order valence-corrected chi connectivity index (χ2v) is 16.2. The van der Waals surface area contributed by atoms with E-state index >= 15 is 0 Å². The van der Waals surface area contributed by atoms with Crippen molar-refractivity contribution in [3.8, 4) is 17.2 Å². The number of amides is 1. The Morgan fingerprint density at radius 1 is 1.00 bits per heavy atom. The van der Waals surface area contributed by atoms with Gasteiger partial charge in [-0.2, -0.15) is 0 Å². The van der Waals surface area contributed by atoms with Crippen LogP contribution in [0.1, 0.15) is 62.0 Å². The first kappa shape index (κ1) is 42.3. The number of allylic oxidation sites excluding steroid dienone is 1. The second-order valence-electron chi connectivity index (χ2n) is 15.0. The van der Waals surface area contributed by atoms with Gasteiger partial charge in [0.05, 0.1) is 38.4 Å². The molecular formula is C46H58N2O8S. The number of aliphatic hydroxyl groups excluding tert-OH is 2. The highest BCUT2D eigenvalue weighted by molar-refractivity contribution is 7.99. The van der Waals surface area contributed by atoms with E-state index in [9.17, 15) is 15.0 Å². The fourth-order valence-corrected chi connectivity index (χ4v) is 9.77. The van der Waals surface area contributed by atoms with Gasteiger partial charge in [-0.15, -0.1) is 18.3 Å². The topological polar surface area (TPSA) is 119 Å². The number of rotatable bonds is 21. The van der Waals surface area contributed by atoms with Crippen molar-refractivity contribution in [2.24, 2.45) is 22.9 Å². The van der Waals surface area contributed by atoms with E-state index in [0.29, 0.717) is 37.4 Å². The van der Waals surface area contributed by atoms with Crippen LogP contribution in [0, 0.1) is 17.8 Å². The normalized spacial score (nSPS) is 24.1. The number of carbonyl (C=O) groups excluding carboxylic acids is 1. The number of unbranched alkanes of at least 4 members (excludes halogenated alkanes) is 2. The number of nitrogens with zero attached hydrogens (tertiary/aromatic N) is 2. The molecule has 10 nitrogen and oxygen atoms in total. The van der Waals surface area contributed by atoms with Crippen LogP contribution in [-0.4, -0.2) is 92.0 Å². The van der Waals surface area contributed by atoms with E-state index in [1.807, 2.05) is 61.6 Å². The van der Waals surface area contributed by atoms with Gasteiger partial charge in [-0.25, -0.2) is 0 Å². The molecule has 1 fully saturated rings. The Morgan fingerprint density at radius 3 is 2.53 bits per heavy atom. The standard InChI is InChI=1S/C46H58N2O8S/c1-5-24-55-46-42(48(2)43(51)28-32-14-13-16-34(27-32)52-3)31-40(47-53-4)38-29-33(15-9-11-22-49)37(19-10-12-23-50)44(45(38)46)39-30-35(20-21-41(39)56-46)54-25-26-57-36-17-7-6-8-18-36/h5-8,13-14,16-18,20-21,27,29-30,33,37,42,44-45,49-50H,1,9-12,15,19,22-26,28,31H2,2-4H3. The van der Waals surface area contributed by atoms with Gasteiger partial charge in [-0.3, -0.25) is 4.79 Å². The average Bonchev–Trinajstić information content (AvgIpc) is 3.23. The Bertz CT molecular complexity index is 1850. The van der Waals surface area contributed by atoms with Gasteiger partial charge < -0.3 is 38.9 Å². The monoisotopic (exact) mass is 798 g/mol. The minimum absolute atomic E-state index is 0.0979. The predicted octanol–water partition coefficient (Wildman–Crippen LogP) is 7.83. The number of hydrogen-bond acceptors (Lipinski definition) is 10. The van der Waals surface area contributed by atoms with Crippen LogP contribution in [0.2, 0.25) is 0 Å². The Labute approximate surface area is 341 Å². The Morgan fingerprint density at radius 2 is 1.79 bits per heavy atom. The number of thioether (sulfide) groups is 1. The molecule has 6 rings (SSSR count). The van der Waals surface area contributed by atoms with E-state index < -0.39 is 11.8 Å². The number of oxime groups is 1. The lowest BCUT2D eigenvalue weighted by Gasteiger charge is -2.59. The zero-order chi connectivity index (χ0) is 40.2.